The third kappa shape index (κ3) is 10.0. The van der Waals surface area contributed by atoms with Gasteiger partial charge in [0.2, 0.25) is 12.4 Å². The summed E-state index contributed by atoms with van der Waals surface area (Å²) in [6.45, 7) is 1.26. The Labute approximate surface area is 215 Å². The lowest BCUT2D eigenvalue weighted by atomic mass is 9.97. The van der Waals surface area contributed by atoms with Crippen molar-refractivity contribution in [2.24, 2.45) is 0 Å². The van der Waals surface area contributed by atoms with Crippen molar-refractivity contribution in [3.63, 3.8) is 0 Å². The maximum Gasteiger partial charge on any atom is 0.573 e. The van der Waals surface area contributed by atoms with Crippen LogP contribution in [-0.2, 0) is 35.0 Å². The highest BCUT2D eigenvalue weighted by Crippen LogP contribution is 2.42. The third-order valence-electron chi connectivity index (χ3n) is 4.55. The molecule has 0 aliphatic carbocycles. The highest BCUT2D eigenvalue weighted by atomic mass is 19.4. The van der Waals surface area contributed by atoms with Crippen LogP contribution in [0.25, 0.3) is 6.08 Å². The quantitative estimate of drug-likeness (QED) is 0.0884. The number of aryl methyl sites for hydroxylation is 1. The van der Waals surface area contributed by atoms with Gasteiger partial charge in [-0.15, -0.1) is 23.3 Å². The summed E-state index contributed by atoms with van der Waals surface area (Å²) in [5.41, 5.74) is -1.48. The summed E-state index contributed by atoms with van der Waals surface area (Å²) in [6, 6.07) is 1.61. The highest BCUT2D eigenvalue weighted by Gasteiger charge is 2.49. The van der Waals surface area contributed by atoms with E-state index in [-0.39, 0.29) is 37.4 Å². The third-order valence-corrected chi connectivity index (χ3v) is 4.55. The van der Waals surface area contributed by atoms with Crippen LogP contribution in [0.5, 0.6) is 11.5 Å². The summed E-state index contributed by atoms with van der Waals surface area (Å²) in [4.78, 5) is 38.1. The predicted octanol–water partition coefficient (Wildman–Crippen LogP) is 4.12. The molecule has 2 atom stereocenters. The number of nitrogens with zero attached hydrogens (tertiary/aromatic N) is 1. The fraction of sp³-hybridized carbons (Fsp3) is 0.524. The zero-order valence-electron chi connectivity index (χ0n) is 20.1. The normalized spacial score (nSPS) is 15.7. The first kappa shape index (κ1) is 31.3. The van der Waals surface area contributed by atoms with Gasteiger partial charge in [0.25, 0.3) is 5.09 Å². The Morgan fingerprint density at radius 2 is 1.74 bits per heavy atom. The van der Waals surface area contributed by atoms with Crippen LogP contribution in [-0.4, -0.2) is 68.6 Å². The summed E-state index contributed by atoms with van der Waals surface area (Å²) in [5, 5.41) is 8.93. The van der Waals surface area contributed by atoms with Gasteiger partial charge in [0.05, 0.1) is 18.8 Å². The van der Waals surface area contributed by atoms with E-state index in [9.17, 15) is 46.0 Å². The molecular formula is C21H21F6NO11. The number of hydrogen-bond acceptors (Lipinski definition) is 11. The number of alkyl halides is 6. The minimum Gasteiger partial charge on any atom is -0.475 e. The van der Waals surface area contributed by atoms with Crippen molar-refractivity contribution in [3.8, 4) is 11.5 Å². The lowest BCUT2D eigenvalue weighted by molar-refractivity contribution is -0.758. The fourth-order valence-corrected chi connectivity index (χ4v) is 3.09. The van der Waals surface area contributed by atoms with E-state index in [1.807, 2.05) is 0 Å². The van der Waals surface area contributed by atoms with Gasteiger partial charge in [-0.2, -0.15) is 13.2 Å². The Balaban J connectivity index is 2.08. The molecule has 0 amide bonds. The summed E-state index contributed by atoms with van der Waals surface area (Å²) in [5.74, 6) is -2.78. The van der Waals surface area contributed by atoms with Gasteiger partial charge in [0, 0.05) is 12.5 Å². The van der Waals surface area contributed by atoms with Crippen molar-refractivity contribution in [1.82, 2.24) is 0 Å². The Morgan fingerprint density at radius 1 is 1.08 bits per heavy atom. The molecule has 1 unspecified atom stereocenters. The van der Waals surface area contributed by atoms with Gasteiger partial charge < -0.3 is 33.3 Å². The molecule has 0 saturated heterocycles. The van der Waals surface area contributed by atoms with Crippen molar-refractivity contribution in [2.75, 3.05) is 26.4 Å². The number of fused-ring (bicyclic) bond motifs is 1. The molecule has 218 valence electrons. The highest BCUT2D eigenvalue weighted by molar-refractivity contribution is 5.96. The summed E-state index contributed by atoms with van der Waals surface area (Å²) in [6.07, 6.45) is -15.6. The molecule has 0 N–H and O–H groups in total. The molecule has 39 heavy (non-hydrogen) atoms. The standard InChI is InChI=1S/C21H21F6NO11/c1-3-12-8-14(39-21(25,26)27)9-13-10-15(17(20(22,23)24)38-16(12)13)18(29)36-11(2)37-19(30)34-6-4-33-5-7-35-28(31)32/h8-11,17H,3-7H2,1-2H3/t11?,17-/m0/s1. The van der Waals surface area contributed by atoms with Gasteiger partial charge in [0.15, 0.2) is 0 Å². The molecule has 1 heterocycles. The van der Waals surface area contributed by atoms with Crippen LogP contribution < -0.4 is 9.47 Å². The van der Waals surface area contributed by atoms with E-state index in [1.54, 1.807) is 0 Å². The summed E-state index contributed by atoms with van der Waals surface area (Å²) < 4.78 is 107. The summed E-state index contributed by atoms with van der Waals surface area (Å²) >= 11 is 0. The average Bonchev–Trinajstić information content (AvgIpc) is 2.80. The number of ether oxygens (including phenoxy) is 6. The van der Waals surface area contributed by atoms with Crippen LogP contribution in [0.3, 0.4) is 0 Å². The molecular weight excluding hydrogens is 556 g/mol. The molecule has 2 rings (SSSR count). The zero-order valence-corrected chi connectivity index (χ0v) is 20.1. The second kappa shape index (κ2) is 13.2. The average molecular weight is 577 g/mol. The van der Waals surface area contributed by atoms with Crippen LogP contribution in [0.1, 0.15) is 25.0 Å². The van der Waals surface area contributed by atoms with E-state index in [4.69, 9.17) is 14.2 Å². The first-order chi connectivity index (χ1) is 18.1. The van der Waals surface area contributed by atoms with Crippen LogP contribution in [0.4, 0.5) is 31.1 Å². The van der Waals surface area contributed by atoms with Gasteiger partial charge >= 0.3 is 24.7 Å². The largest absolute Gasteiger partial charge is 0.573 e. The zero-order chi connectivity index (χ0) is 29.4. The van der Waals surface area contributed by atoms with Gasteiger partial charge in [0.1, 0.15) is 24.7 Å². The molecule has 1 aromatic carbocycles. The van der Waals surface area contributed by atoms with Gasteiger partial charge in [-0.3, -0.25) is 0 Å². The molecule has 0 spiro atoms. The number of halogens is 6. The van der Waals surface area contributed by atoms with Crippen molar-refractivity contribution >= 4 is 18.2 Å². The lowest BCUT2D eigenvalue weighted by Gasteiger charge is -2.30. The first-order valence-electron chi connectivity index (χ1n) is 10.9. The van der Waals surface area contributed by atoms with Crippen molar-refractivity contribution in [2.45, 2.75) is 45.2 Å². The van der Waals surface area contributed by atoms with Crippen LogP contribution in [0.15, 0.2) is 17.7 Å². The predicted molar refractivity (Wildman–Crippen MR) is 113 cm³/mol. The van der Waals surface area contributed by atoms with E-state index < -0.39 is 65.8 Å². The Kier molecular flexibility index (Phi) is 10.6. The maximum atomic E-state index is 13.7. The van der Waals surface area contributed by atoms with E-state index in [0.717, 1.165) is 19.1 Å². The Hall–Kier alpha value is -3.96. The molecule has 0 bridgehead atoms. The topological polar surface area (TPSA) is 142 Å². The molecule has 0 fully saturated rings. The molecule has 0 radical (unpaired) electrons. The minimum absolute atomic E-state index is 0.0275. The molecule has 0 aromatic heterocycles. The molecule has 1 aromatic rings. The first-order valence-corrected chi connectivity index (χ1v) is 10.9. The second-order valence-corrected chi connectivity index (χ2v) is 7.40. The molecule has 1 aliphatic rings. The van der Waals surface area contributed by atoms with E-state index >= 15 is 0 Å². The number of carbonyl (C=O) groups is 2. The molecule has 12 nitrogen and oxygen atoms in total. The Bertz CT molecular complexity index is 1070. The fourth-order valence-electron chi connectivity index (χ4n) is 3.09. The Morgan fingerprint density at radius 3 is 2.33 bits per heavy atom. The van der Waals surface area contributed by atoms with Gasteiger partial charge in [-0.05, 0) is 30.2 Å². The maximum absolute atomic E-state index is 13.7. The number of benzene rings is 1. The van der Waals surface area contributed by atoms with Crippen LogP contribution >= 0.6 is 0 Å². The smallest absolute Gasteiger partial charge is 0.475 e. The summed E-state index contributed by atoms with van der Waals surface area (Å²) in [7, 11) is 0. The molecule has 0 saturated carbocycles. The van der Waals surface area contributed by atoms with Crippen molar-refractivity contribution < 1.29 is 74.3 Å². The van der Waals surface area contributed by atoms with E-state index in [2.05, 4.69) is 19.0 Å². The monoisotopic (exact) mass is 577 g/mol. The number of rotatable bonds is 12. The van der Waals surface area contributed by atoms with Crippen LogP contribution in [0, 0.1) is 10.1 Å². The molecule has 18 heteroatoms. The number of hydrogen-bond donors (Lipinski definition) is 0. The van der Waals surface area contributed by atoms with E-state index in [0.29, 0.717) is 6.08 Å². The van der Waals surface area contributed by atoms with Crippen LogP contribution in [0.2, 0.25) is 0 Å². The second-order valence-electron chi connectivity index (χ2n) is 7.40. The SMILES string of the molecule is CCc1cc(OC(F)(F)F)cc2c1O[C@H](C(F)(F)F)C(C(=O)OC(C)OC(=O)OCCOCCO[N+](=O)[O-])=C2. The van der Waals surface area contributed by atoms with Gasteiger partial charge in [-0.1, -0.05) is 6.92 Å². The van der Waals surface area contributed by atoms with Crippen molar-refractivity contribution in [1.29, 1.82) is 0 Å². The number of esters is 1. The van der Waals surface area contributed by atoms with Crippen molar-refractivity contribution in [3.05, 3.63) is 38.9 Å². The number of carbonyl (C=O) groups excluding carboxylic acids is 2. The minimum atomic E-state index is -5.14. The van der Waals surface area contributed by atoms with Gasteiger partial charge in [-0.25, -0.2) is 9.59 Å². The van der Waals surface area contributed by atoms with E-state index in [1.165, 1.54) is 6.92 Å². The molecule has 1 aliphatic heterocycles. The lowest BCUT2D eigenvalue weighted by Crippen LogP contribution is -2.41.